The largest absolute Gasteiger partial charge is 0.336 e. The van der Waals surface area contributed by atoms with Crippen LogP contribution < -0.4 is 5.32 Å². The van der Waals surface area contributed by atoms with E-state index in [1.54, 1.807) is 12.1 Å². The molecule has 8 heteroatoms. The number of nitrogens with one attached hydrogen (secondary N) is 1. The fraction of sp³-hybridized carbons (Fsp3) is 0.438. The molecule has 1 amide bonds. The monoisotopic (exact) mass is 328 g/mol. The molecule has 0 spiro atoms. The molecule has 1 aromatic heterocycles. The van der Waals surface area contributed by atoms with Crippen molar-refractivity contribution in [3.05, 3.63) is 30.1 Å². The first-order valence-electron chi connectivity index (χ1n) is 7.86. The molecule has 3 rings (SSSR count). The van der Waals surface area contributed by atoms with Gasteiger partial charge in [0.15, 0.2) is 0 Å². The molecule has 1 heterocycles. The van der Waals surface area contributed by atoms with Crippen molar-refractivity contribution in [2.75, 3.05) is 0 Å². The average molecular weight is 328 g/mol. The molecule has 2 aromatic rings. The highest BCUT2D eigenvalue weighted by molar-refractivity contribution is 5.77. The number of carbonyl (C=O) groups excluding carboxylic acids is 1. The Hall–Kier alpha value is -2.82. The van der Waals surface area contributed by atoms with E-state index in [1.165, 1.54) is 12.1 Å². The van der Waals surface area contributed by atoms with Crippen LogP contribution in [0.25, 0.3) is 11.4 Å². The minimum absolute atomic E-state index is 0.133. The molecule has 1 fully saturated rings. The molecular formula is C16H17FN6O. The maximum atomic E-state index is 13.2. The van der Waals surface area contributed by atoms with Crippen LogP contribution in [0.15, 0.2) is 24.3 Å². The molecule has 0 unspecified atom stereocenters. The second-order valence-corrected chi connectivity index (χ2v) is 5.96. The van der Waals surface area contributed by atoms with Gasteiger partial charge >= 0.3 is 0 Å². The summed E-state index contributed by atoms with van der Waals surface area (Å²) in [4.78, 5) is 13.3. The van der Waals surface area contributed by atoms with Crippen LogP contribution in [0.5, 0.6) is 0 Å². The fourth-order valence-corrected chi connectivity index (χ4v) is 2.91. The Bertz CT molecular complexity index is 775. The van der Waals surface area contributed by atoms with Gasteiger partial charge in [-0.15, -0.1) is 10.2 Å². The van der Waals surface area contributed by atoms with Crippen molar-refractivity contribution in [2.24, 2.45) is 0 Å². The second-order valence-electron chi connectivity index (χ2n) is 5.96. The first-order chi connectivity index (χ1) is 11.6. The van der Waals surface area contributed by atoms with Gasteiger partial charge in [-0.3, -0.25) is 4.79 Å². The number of halogens is 1. The van der Waals surface area contributed by atoms with E-state index in [1.807, 2.05) is 0 Å². The van der Waals surface area contributed by atoms with Crippen molar-refractivity contribution >= 4 is 5.91 Å². The number of hydrogen-bond donors (Lipinski definition) is 1. The second kappa shape index (κ2) is 6.74. The van der Waals surface area contributed by atoms with E-state index in [2.05, 4.69) is 26.8 Å². The first-order valence-corrected chi connectivity index (χ1v) is 7.86. The van der Waals surface area contributed by atoms with Crippen molar-refractivity contribution in [1.29, 1.82) is 5.26 Å². The lowest BCUT2D eigenvalue weighted by Gasteiger charge is -2.31. The molecule has 7 nitrogen and oxygen atoms in total. The summed E-state index contributed by atoms with van der Waals surface area (Å²) in [6, 6.07) is 8.08. The van der Waals surface area contributed by atoms with E-state index in [4.69, 9.17) is 0 Å². The van der Waals surface area contributed by atoms with Gasteiger partial charge in [-0.05, 0) is 30.2 Å². The van der Waals surface area contributed by atoms with Gasteiger partial charge < -0.3 is 5.32 Å². The van der Waals surface area contributed by atoms with Crippen LogP contribution in [0.3, 0.4) is 0 Å². The van der Waals surface area contributed by atoms with Crippen molar-refractivity contribution in [3.63, 3.8) is 0 Å². The maximum Gasteiger partial charge on any atom is 0.244 e. The van der Waals surface area contributed by atoms with E-state index in [0.717, 1.165) is 24.1 Å². The molecule has 0 atom stereocenters. The molecule has 1 aliphatic carbocycles. The van der Waals surface area contributed by atoms with E-state index < -0.39 is 11.4 Å². The Balaban J connectivity index is 1.66. The summed E-state index contributed by atoms with van der Waals surface area (Å²) in [5.74, 6) is -0.480. The Morgan fingerprint density at radius 1 is 1.38 bits per heavy atom. The number of aromatic nitrogens is 4. The van der Waals surface area contributed by atoms with Crippen LogP contribution in [-0.4, -0.2) is 31.7 Å². The number of benzene rings is 1. The normalized spacial score (nSPS) is 16.3. The van der Waals surface area contributed by atoms with Crippen molar-refractivity contribution < 1.29 is 9.18 Å². The van der Waals surface area contributed by atoms with Crippen molar-refractivity contribution in [2.45, 2.75) is 44.2 Å². The van der Waals surface area contributed by atoms with Gasteiger partial charge in [-0.2, -0.15) is 10.1 Å². The van der Waals surface area contributed by atoms with Gasteiger partial charge in [-0.25, -0.2) is 4.39 Å². The number of rotatable bonds is 4. The summed E-state index contributed by atoms with van der Waals surface area (Å²) >= 11 is 0. The number of hydrogen-bond acceptors (Lipinski definition) is 5. The SMILES string of the molecule is N#CC1(NC(=O)Cn2nnc(-c3cccc(F)c3)n2)CCCCC1. The van der Waals surface area contributed by atoms with Crippen molar-refractivity contribution in [3.8, 4) is 17.5 Å². The summed E-state index contributed by atoms with van der Waals surface area (Å²) in [6.07, 6.45) is 4.27. The Morgan fingerprint density at radius 3 is 2.88 bits per heavy atom. The van der Waals surface area contributed by atoms with E-state index >= 15 is 0 Å². The lowest BCUT2D eigenvalue weighted by Crippen LogP contribution is -2.49. The number of nitrogens with zero attached hydrogens (tertiary/aromatic N) is 5. The molecule has 0 aliphatic heterocycles. The lowest BCUT2D eigenvalue weighted by molar-refractivity contribution is -0.123. The Labute approximate surface area is 138 Å². The zero-order valence-electron chi connectivity index (χ0n) is 13.1. The van der Waals surface area contributed by atoms with Gasteiger partial charge in [0.2, 0.25) is 11.7 Å². The van der Waals surface area contributed by atoms with Gasteiger partial charge in [0, 0.05) is 5.56 Å². The third kappa shape index (κ3) is 3.56. The van der Waals surface area contributed by atoms with Crippen LogP contribution in [0.4, 0.5) is 4.39 Å². The summed E-state index contributed by atoms with van der Waals surface area (Å²) in [6.45, 7) is -0.133. The standard InChI is InChI=1S/C16H17FN6O/c17-13-6-4-5-12(9-13)15-20-22-23(21-15)10-14(24)19-16(11-18)7-2-1-3-8-16/h4-6,9H,1-3,7-8,10H2,(H,19,24). The number of amides is 1. The van der Waals surface area contributed by atoms with Gasteiger partial charge in [0.1, 0.15) is 17.9 Å². The predicted octanol–water partition coefficient (Wildman–Crippen LogP) is 1.82. The topological polar surface area (TPSA) is 96.5 Å². The third-order valence-electron chi connectivity index (χ3n) is 4.12. The molecule has 1 aromatic carbocycles. The Kier molecular flexibility index (Phi) is 4.51. The third-order valence-corrected chi connectivity index (χ3v) is 4.12. The van der Waals surface area contributed by atoms with Crippen LogP contribution in [0, 0.1) is 17.1 Å². The Morgan fingerprint density at radius 2 is 2.17 bits per heavy atom. The molecule has 24 heavy (non-hydrogen) atoms. The molecular weight excluding hydrogens is 311 g/mol. The molecule has 1 aliphatic rings. The smallest absolute Gasteiger partial charge is 0.244 e. The summed E-state index contributed by atoms with van der Waals surface area (Å²) in [7, 11) is 0. The molecule has 0 bridgehead atoms. The highest BCUT2D eigenvalue weighted by Crippen LogP contribution is 2.27. The first kappa shape index (κ1) is 16.1. The number of carbonyl (C=O) groups is 1. The lowest BCUT2D eigenvalue weighted by atomic mass is 9.83. The molecule has 1 N–H and O–H groups in total. The summed E-state index contributed by atoms with van der Waals surface area (Å²) < 4.78 is 13.2. The zero-order chi connectivity index (χ0) is 17.0. The van der Waals surface area contributed by atoms with Crippen LogP contribution >= 0.6 is 0 Å². The average Bonchev–Trinajstić information content (AvgIpc) is 3.04. The molecule has 1 saturated carbocycles. The molecule has 0 saturated heterocycles. The van der Waals surface area contributed by atoms with Crippen LogP contribution in [0.1, 0.15) is 32.1 Å². The van der Waals surface area contributed by atoms with Crippen LogP contribution in [0.2, 0.25) is 0 Å². The minimum atomic E-state index is -0.790. The number of tetrazole rings is 1. The van der Waals surface area contributed by atoms with E-state index in [9.17, 15) is 14.4 Å². The van der Waals surface area contributed by atoms with Gasteiger partial charge in [0.05, 0.1) is 6.07 Å². The highest BCUT2D eigenvalue weighted by atomic mass is 19.1. The summed E-state index contributed by atoms with van der Waals surface area (Å²) in [5.41, 5.74) is -0.302. The quantitative estimate of drug-likeness (QED) is 0.923. The number of nitriles is 1. The zero-order valence-corrected chi connectivity index (χ0v) is 13.1. The predicted molar refractivity (Wildman–Crippen MR) is 82.8 cm³/mol. The van der Waals surface area contributed by atoms with E-state index in [0.29, 0.717) is 18.4 Å². The minimum Gasteiger partial charge on any atom is -0.336 e. The van der Waals surface area contributed by atoms with Crippen LogP contribution in [-0.2, 0) is 11.3 Å². The molecule has 0 radical (unpaired) electrons. The van der Waals surface area contributed by atoms with Gasteiger partial charge in [-0.1, -0.05) is 31.4 Å². The van der Waals surface area contributed by atoms with Crippen molar-refractivity contribution in [1.82, 2.24) is 25.5 Å². The van der Waals surface area contributed by atoms with E-state index in [-0.39, 0.29) is 18.3 Å². The highest BCUT2D eigenvalue weighted by Gasteiger charge is 2.33. The molecule has 124 valence electrons. The maximum absolute atomic E-state index is 13.2. The van der Waals surface area contributed by atoms with Gasteiger partial charge in [0.25, 0.3) is 0 Å². The summed E-state index contributed by atoms with van der Waals surface area (Å²) in [5, 5.41) is 23.9. The fourth-order valence-electron chi connectivity index (χ4n) is 2.91.